The number of nitrogens with two attached hydrogens (primary N) is 1. The second-order valence-electron chi connectivity index (χ2n) is 6.37. The quantitative estimate of drug-likeness (QED) is 0.770. The molecule has 1 aliphatic heterocycles. The van der Waals surface area contributed by atoms with Crippen LogP contribution in [0.2, 0.25) is 0 Å². The normalized spacial score (nSPS) is 29.5. The molecule has 17 heavy (non-hydrogen) atoms. The fraction of sp³-hybridized carbons (Fsp3) is 0.923. The Labute approximate surface area is 104 Å². The standard InChI is InChI=1S/C13H25N3O/c1-13(2)6-3-11(9-13)15-10-4-7-16(8-5-10)12(14)17/h10-11,15H,3-9H2,1-2H3,(H2,14,17). The highest BCUT2D eigenvalue weighted by Gasteiger charge is 2.32. The van der Waals surface area contributed by atoms with Crippen LogP contribution in [0.4, 0.5) is 4.79 Å². The zero-order chi connectivity index (χ0) is 12.5. The van der Waals surface area contributed by atoms with Crippen molar-refractivity contribution >= 4 is 6.03 Å². The van der Waals surface area contributed by atoms with Crippen LogP contribution in [0.1, 0.15) is 46.0 Å². The molecule has 1 saturated heterocycles. The molecule has 1 unspecified atom stereocenters. The van der Waals surface area contributed by atoms with Gasteiger partial charge in [0, 0.05) is 25.2 Å². The van der Waals surface area contributed by atoms with E-state index in [4.69, 9.17) is 5.73 Å². The number of primary amides is 1. The van der Waals surface area contributed by atoms with Gasteiger partial charge in [-0.1, -0.05) is 13.8 Å². The first kappa shape index (κ1) is 12.7. The van der Waals surface area contributed by atoms with Gasteiger partial charge in [0.25, 0.3) is 0 Å². The second-order valence-corrected chi connectivity index (χ2v) is 6.37. The Morgan fingerprint density at radius 2 is 1.88 bits per heavy atom. The van der Waals surface area contributed by atoms with E-state index >= 15 is 0 Å². The van der Waals surface area contributed by atoms with Gasteiger partial charge < -0.3 is 16.0 Å². The van der Waals surface area contributed by atoms with E-state index in [9.17, 15) is 4.79 Å². The molecular formula is C13H25N3O. The number of rotatable bonds is 2. The first-order valence-electron chi connectivity index (χ1n) is 6.77. The minimum Gasteiger partial charge on any atom is -0.351 e. The molecule has 2 fully saturated rings. The van der Waals surface area contributed by atoms with Gasteiger partial charge in [0.05, 0.1) is 0 Å². The summed E-state index contributed by atoms with van der Waals surface area (Å²) in [6.07, 6.45) is 5.98. The average Bonchev–Trinajstić information content (AvgIpc) is 2.59. The van der Waals surface area contributed by atoms with Crippen LogP contribution >= 0.6 is 0 Å². The number of piperidine rings is 1. The number of amides is 2. The first-order valence-corrected chi connectivity index (χ1v) is 6.77. The molecule has 2 aliphatic rings. The number of hydrogen-bond acceptors (Lipinski definition) is 2. The highest BCUT2D eigenvalue weighted by molar-refractivity contribution is 5.72. The van der Waals surface area contributed by atoms with Crippen LogP contribution in [0, 0.1) is 5.41 Å². The van der Waals surface area contributed by atoms with Crippen LogP contribution in [0.15, 0.2) is 0 Å². The minimum absolute atomic E-state index is 0.273. The van der Waals surface area contributed by atoms with Crippen molar-refractivity contribution in [3.05, 3.63) is 0 Å². The van der Waals surface area contributed by atoms with Gasteiger partial charge in [-0.25, -0.2) is 4.79 Å². The van der Waals surface area contributed by atoms with Crippen molar-refractivity contribution < 1.29 is 4.79 Å². The van der Waals surface area contributed by atoms with Gasteiger partial charge in [0.2, 0.25) is 0 Å². The van der Waals surface area contributed by atoms with Gasteiger partial charge in [-0.05, 0) is 37.5 Å². The van der Waals surface area contributed by atoms with Crippen LogP contribution in [0.5, 0.6) is 0 Å². The van der Waals surface area contributed by atoms with E-state index in [0.717, 1.165) is 25.9 Å². The summed E-state index contributed by atoms with van der Waals surface area (Å²) in [4.78, 5) is 12.8. The maximum atomic E-state index is 11.0. The van der Waals surface area contributed by atoms with Gasteiger partial charge in [-0.3, -0.25) is 0 Å². The molecule has 4 heteroatoms. The molecule has 98 valence electrons. The zero-order valence-electron chi connectivity index (χ0n) is 11.0. The molecule has 1 atom stereocenters. The molecule has 2 amide bonds. The molecule has 1 saturated carbocycles. The largest absolute Gasteiger partial charge is 0.351 e. The highest BCUT2D eigenvalue weighted by Crippen LogP contribution is 2.37. The third-order valence-electron chi connectivity index (χ3n) is 4.25. The van der Waals surface area contributed by atoms with E-state index < -0.39 is 0 Å². The Bertz CT molecular complexity index is 282. The van der Waals surface area contributed by atoms with Gasteiger partial charge in [-0.2, -0.15) is 0 Å². The summed E-state index contributed by atoms with van der Waals surface area (Å²) < 4.78 is 0. The monoisotopic (exact) mass is 239 g/mol. The van der Waals surface area contributed by atoms with Crippen molar-refractivity contribution in [2.75, 3.05) is 13.1 Å². The van der Waals surface area contributed by atoms with Crippen LogP contribution in [0.3, 0.4) is 0 Å². The van der Waals surface area contributed by atoms with Gasteiger partial charge in [0.1, 0.15) is 0 Å². The fourth-order valence-corrected chi connectivity index (χ4v) is 3.18. The van der Waals surface area contributed by atoms with Crippen molar-refractivity contribution in [2.24, 2.45) is 11.1 Å². The summed E-state index contributed by atoms with van der Waals surface area (Å²) in [6.45, 7) is 6.32. The zero-order valence-corrected chi connectivity index (χ0v) is 11.0. The van der Waals surface area contributed by atoms with Gasteiger partial charge in [-0.15, -0.1) is 0 Å². The molecule has 0 radical (unpaired) electrons. The predicted molar refractivity (Wildman–Crippen MR) is 68.7 cm³/mol. The lowest BCUT2D eigenvalue weighted by Gasteiger charge is -2.33. The van der Waals surface area contributed by atoms with E-state index in [1.807, 2.05) is 0 Å². The van der Waals surface area contributed by atoms with Crippen molar-refractivity contribution in [1.82, 2.24) is 10.2 Å². The Morgan fingerprint density at radius 1 is 1.24 bits per heavy atom. The Balaban J connectivity index is 1.74. The number of carbonyl (C=O) groups is 1. The smallest absolute Gasteiger partial charge is 0.314 e. The summed E-state index contributed by atoms with van der Waals surface area (Å²) in [6, 6.07) is 0.977. The molecule has 3 N–H and O–H groups in total. The summed E-state index contributed by atoms with van der Waals surface area (Å²) in [5.74, 6) is 0. The number of nitrogens with one attached hydrogen (secondary N) is 1. The maximum Gasteiger partial charge on any atom is 0.314 e. The molecule has 1 heterocycles. The number of likely N-dealkylation sites (tertiary alicyclic amines) is 1. The fourth-order valence-electron chi connectivity index (χ4n) is 3.18. The average molecular weight is 239 g/mol. The molecule has 0 aromatic carbocycles. The number of urea groups is 1. The molecule has 0 spiro atoms. The topological polar surface area (TPSA) is 58.4 Å². The van der Waals surface area contributed by atoms with Gasteiger partial charge in [0.15, 0.2) is 0 Å². The third-order valence-corrected chi connectivity index (χ3v) is 4.25. The van der Waals surface area contributed by atoms with E-state index in [1.165, 1.54) is 19.3 Å². The summed E-state index contributed by atoms with van der Waals surface area (Å²) in [5.41, 5.74) is 5.78. The molecule has 2 rings (SSSR count). The number of nitrogens with zero attached hydrogens (tertiary/aromatic N) is 1. The SMILES string of the molecule is CC1(C)CCC(NC2CCN(C(N)=O)CC2)C1. The van der Waals surface area contributed by atoms with E-state index in [0.29, 0.717) is 17.5 Å². The Morgan fingerprint density at radius 3 is 2.35 bits per heavy atom. The predicted octanol–water partition coefficient (Wildman–Crippen LogP) is 1.70. The highest BCUT2D eigenvalue weighted by atomic mass is 16.2. The van der Waals surface area contributed by atoms with Crippen LogP contribution in [-0.4, -0.2) is 36.1 Å². The molecular weight excluding hydrogens is 214 g/mol. The lowest BCUT2D eigenvalue weighted by Crippen LogP contribution is -2.48. The van der Waals surface area contributed by atoms with E-state index in [2.05, 4.69) is 19.2 Å². The summed E-state index contributed by atoms with van der Waals surface area (Å²) >= 11 is 0. The first-order chi connectivity index (χ1) is 7.96. The van der Waals surface area contributed by atoms with Crippen molar-refractivity contribution in [3.63, 3.8) is 0 Å². The summed E-state index contributed by atoms with van der Waals surface area (Å²) in [5, 5.41) is 3.75. The third kappa shape index (κ3) is 3.35. The van der Waals surface area contributed by atoms with Crippen molar-refractivity contribution in [3.8, 4) is 0 Å². The molecule has 1 aliphatic carbocycles. The maximum absolute atomic E-state index is 11.0. The minimum atomic E-state index is -0.273. The summed E-state index contributed by atoms with van der Waals surface area (Å²) in [7, 11) is 0. The number of hydrogen-bond donors (Lipinski definition) is 2. The van der Waals surface area contributed by atoms with Crippen LogP contribution in [0.25, 0.3) is 0 Å². The van der Waals surface area contributed by atoms with Crippen LogP contribution < -0.4 is 11.1 Å². The van der Waals surface area contributed by atoms with E-state index in [-0.39, 0.29) is 6.03 Å². The number of carbonyl (C=O) groups excluding carboxylic acids is 1. The Kier molecular flexibility index (Phi) is 3.61. The van der Waals surface area contributed by atoms with Crippen molar-refractivity contribution in [1.29, 1.82) is 0 Å². The van der Waals surface area contributed by atoms with Crippen molar-refractivity contribution in [2.45, 2.75) is 58.0 Å². The Hall–Kier alpha value is -0.770. The molecule has 4 nitrogen and oxygen atoms in total. The lowest BCUT2D eigenvalue weighted by atomic mass is 9.91. The molecule has 0 aromatic heterocycles. The molecule has 0 aromatic rings. The molecule has 0 bridgehead atoms. The van der Waals surface area contributed by atoms with Gasteiger partial charge >= 0.3 is 6.03 Å². The second kappa shape index (κ2) is 4.84. The van der Waals surface area contributed by atoms with Crippen LogP contribution in [-0.2, 0) is 0 Å². The lowest BCUT2D eigenvalue weighted by molar-refractivity contribution is 0.181. The van der Waals surface area contributed by atoms with E-state index in [1.54, 1.807) is 4.90 Å².